The van der Waals surface area contributed by atoms with Gasteiger partial charge in [-0.2, -0.15) is 0 Å². The Morgan fingerprint density at radius 3 is 0.889 bits per heavy atom. The summed E-state index contributed by atoms with van der Waals surface area (Å²) in [6.07, 6.45) is 0. The molecule has 0 unspecified atom stereocenters. The molecule has 0 aromatic rings. The summed E-state index contributed by atoms with van der Waals surface area (Å²) in [4.78, 5) is -0.278. The molecule has 0 saturated carbocycles. The van der Waals surface area contributed by atoms with Gasteiger partial charge in [0.15, 0.2) is 0 Å². The van der Waals surface area contributed by atoms with Gasteiger partial charge in [-0.05, 0) is 5.41 Å². The summed E-state index contributed by atoms with van der Waals surface area (Å²) in [7, 11) is 0. The van der Waals surface area contributed by atoms with E-state index in [2.05, 4.69) is 87.6 Å². The fourth-order valence-electron chi connectivity index (χ4n) is 0. The molecule has 0 atom stereocenters. The second kappa shape index (κ2) is 7.43. The molecule has 0 amide bonds. The van der Waals surface area contributed by atoms with Crippen molar-refractivity contribution in [3.63, 3.8) is 0 Å². The second-order valence-corrected chi connectivity index (χ2v) is 38.6. The van der Waals surface area contributed by atoms with Crippen LogP contribution < -0.4 is 0 Å². The molecule has 0 aromatic heterocycles. The van der Waals surface area contributed by atoms with Gasteiger partial charge in [-0.3, -0.25) is 0 Å². The summed E-state index contributed by atoms with van der Waals surface area (Å²) in [5, 5.41) is 0. The number of hydrogen-bond acceptors (Lipinski definition) is 0. The maximum absolute atomic E-state index is 2.46. The van der Waals surface area contributed by atoms with Crippen LogP contribution >= 0.6 is 59.9 Å². The van der Waals surface area contributed by atoms with E-state index in [1.54, 1.807) is 0 Å². The van der Waals surface area contributed by atoms with E-state index in [0.717, 1.165) is 0 Å². The molecule has 4 heteroatoms. The fraction of sp³-hybridized carbons (Fsp3) is 1.00. The van der Waals surface area contributed by atoms with Crippen LogP contribution in [0.5, 0.6) is 0 Å². The zero-order valence-electron chi connectivity index (χ0n) is 6.08. The Morgan fingerprint density at radius 2 is 0.889 bits per heavy atom. The van der Waals surface area contributed by atoms with Crippen LogP contribution in [0.1, 0.15) is 27.7 Å². The van der Waals surface area contributed by atoms with Crippen molar-refractivity contribution in [1.29, 1.82) is 0 Å². The van der Waals surface area contributed by atoms with Crippen LogP contribution in [0.25, 0.3) is 0 Å². The fourth-order valence-corrected chi connectivity index (χ4v) is 0. The third kappa shape index (κ3) is 108. The first-order chi connectivity index (χ1) is 3.73. The van der Waals surface area contributed by atoms with Gasteiger partial charge in [0, 0.05) is 0 Å². The molecule has 0 nitrogen and oxygen atoms in total. The summed E-state index contributed by atoms with van der Waals surface area (Å²) >= 11 is 7.39. The third-order valence-corrected chi connectivity index (χ3v) is 0. The third-order valence-electron chi connectivity index (χ3n) is 0. The average Bonchev–Trinajstić information content (AvgIpc) is 1.19. The van der Waals surface area contributed by atoms with Crippen LogP contribution in [-0.2, 0) is 4.92 Å². The maximum atomic E-state index is 2.46. The van der Waals surface area contributed by atoms with Crippen LogP contribution in [-0.4, -0.2) is 0 Å². The van der Waals surface area contributed by atoms with Crippen molar-refractivity contribution in [1.82, 2.24) is 0 Å². The first-order valence-corrected chi connectivity index (χ1v) is 16.0. The van der Waals surface area contributed by atoms with Gasteiger partial charge in [0.25, 0.3) is 0 Å². The van der Waals surface area contributed by atoms with E-state index >= 15 is 0 Å². The second-order valence-electron chi connectivity index (χ2n) is 3.19. The van der Waals surface area contributed by atoms with Crippen LogP contribution in [0.2, 0.25) is 0 Å². The zero-order chi connectivity index (χ0) is 8.08. The molecule has 0 aromatic carbocycles. The topological polar surface area (TPSA) is 0 Å². The Bertz CT molecular complexity index is 49.0. The summed E-state index contributed by atoms with van der Waals surface area (Å²) in [5.41, 5.74) is 0.500. The molecule has 0 radical (unpaired) electrons. The van der Waals surface area contributed by atoms with E-state index < -0.39 is 0 Å². The van der Waals surface area contributed by atoms with Crippen LogP contribution in [0.15, 0.2) is 0 Å². The van der Waals surface area contributed by atoms with Crippen LogP contribution in [0.4, 0.5) is 0 Å². The molecule has 0 bridgehead atoms. The summed E-state index contributed by atoms with van der Waals surface area (Å²) < 4.78 is 0. The van der Waals surface area contributed by atoms with Crippen molar-refractivity contribution < 1.29 is 4.92 Å². The predicted molar refractivity (Wildman–Crippen MR) is 67.2 cm³/mol. The minimum atomic E-state index is -0.278. The monoisotopic (exact) mass is 504 g/mol. The summed E-state index contributed by atoms with van der Waals surface area (Å²) in [5.74, 6) is 0. The first-order valence-electron chi connectivity index (χ1n) is 2.51. The van der Waals surface area contributed by atoms with Gasteiger partial charge in [-0.1, -0.05) is 27.7 Å². The van der Waals surface area contributed by atoms with E-state index in [0.29, 0.717) is 5.41 Å². The molecule has 0 rings (SSSR count). The molecule has 0 heterocycles. The molecule has 0 aliphatic carbocycles. The Balaban J connectivity index is 0. The van der Waals surface area contributed by atoms with Gasteiger partial charge in [0.05, 0.1) is 0 Å². The van der Waals surface area contributed by atoms with Gasteiger partial charge in [-0.25, -0.2) is 0 Å². The van der Waals surface area contributed by atoms with Crippen molar-refractivity contribution in [2.45, 2.75) is 27.7 Å². The Morgan fingerprint density at radius 1 is 0.889 bits per heavy atom. The Labute approximate surface area is 96.0 Å². The van der Waals surface area contributed by atoms with Gasteiger partial charge in [0.1, 0.15) is 0 Å². The SMILES string of the molecule is CC(C)(C)C.[I][V]([I])[I]. The van der Waals surface area contributed by atoms with Crippen molar-refractivity contribution in [2.24, 2.45) is 5.41 Å². The number of halogens is 3. The molecule has 0 aliphatic rings. The minimum absolute atomic E-state index is 0.278. The number of rotatable bonds is 0. The van der Waals surface area contributed by atoms with Crippen molar-refractivity contribution in [2.75, 3.05) is 0 Å². The number of hydrogen-bond donors (Lipinski definition) is 0. The van der Waals surface area contributed by atoms with E-state index in [9.17, 15) is 0 Å². The molecular formula is C5H12I3V. The predicted octanol–water partition coefficient (Wildman–Crippen LogP) is 4.71. The molecule has 0 N–H and O–H groups in total. The van der Waals surface area contributed by atoms with Gasteiger partial charge < -0.3 is 0 Å². The molecule has 9 heavy (non-hydrogen) atoms. The van der Waals surface area contributed by atoms with E-state index in [1.807, 2.05) is 0 Å². The van der Waals surface area contributed by atoms with Gasteiger partial charge >= 0.3 is 64.9 Å². The Hall–Kier alpha value is 2.77. The van der Waals surface area contributed by atoms with Gasteiger partial charge in [0.2, 0.25) is 0 Å². The van der Waals surface area contributed by atoms with Crippen LogP contribution in [0.3, 0.4) is 0 Å². The van der Waals surface area contributed by atoms with Crippen molar-refractivity contribution >= 4 is 59.9 Å². The van der Waals surface area contributed by atoms with Gasteiger partial charge in [-0.15, -0.1) is 0 Å². The molecule has 0 spiro atoms. The van der Waals surface area contributed by atoms with E-state index in [4.69, 9.17) is 0 Å². The molecular weight excluding hydrogens is 492 g/mol. The molecule has 0 aliphatic heterocycles. The van der Waals surface area contributed by atoms with Crippen molar-refractivity contribution in [3.8, 4) is 0 Å². The molecule has 0 saturated heterocycles. The van der Waals surface area contributed by atoms with Crippen LogP contribution in [0, 0.1) is 5.41 Å². The van der Waals surface area contributed by atoms with E-state index in [1.165, 1.54) is 0 Å². The summed E-state index contributed by atoms with van der Waals surface area (Å²) in [6, 6.07) is 0. The molecule has 58 valence electrons. The standard InChI is InChI=1S/C5H12.3HI.V/c1-5(2,3)4;;;;/h1-4H3;3*1H;/q;;;;+3/p-3. The molecule has 0 fully saturated rings. The quantitative estimate of drug-likeness (QED) is 0.420. The Kier molecular flexibility index (Phi) is 11.8. The first kappa shape index (κ1) is 14.3. The average molecular weight is 504 g/mol. The zero-order valence-corrected chi connectivity index (χ0v) is 14.0. The summed E-state index contributed by atoms with van der Waals surface area (Å²) in [6.45, 7) is 8.75. The normalized spacial score (nSPS) is 10.7. The van der Waals surface area contributed by atoms with Crippen molar-refractivity contribution in [3.05, 3.63) is 0 Å². The van der Waals surface area contributed by atoms with E-state index in [-0.39, 0.29) is 4.92 Å².